The van der Waals surface area contributed by atoms with Crippen LogP contribution in [0.4, 0.5) is 0 Å². The molecule has 3 heterocycles. The summed E-state index contributed by atoms with van der Waals surface area (Å²) in [5.74, 6) is 1.79. The molecule has 0 spiro atoms. The van der Waals surface area contributed by atoms with Crippen LogP contribution in [0.2, 0.25) is 0 Å². The highest BCUT2D eigenvalue weighted by molar-refractivity contribution is 6.12. The van der Waals surface area contributed by atoms with Crippen molar-refractivity contribution in [1.82, 2.24) is 19.5 Å². The zero-order valence-corrected chi connectivity index (χ0v) is 29.0. The topological polar surface area (TPSA) is 56.7 Å². The van der Waals surface area contributed by atoms with Crippen molar-refractivity contribution in [3.05, 3.63) is 182 Å². The van der Waals surface area contributed by atoms with Crippen LogP contribution in [0.5, 0.6) is 0 Å². The summed E-state index contributed by atoms with van der Waals surface area (Å²) >= 11 is 0. The second kappa shape index (κ2) is 12.1. The third-order valence-electron chi connectivity index (χ3n) is 10.5. The third kappa shape index (κ3) is 4.76. The Kier molecular flexibility index (Phi) is 6.79. The van der Waals surface area contributed by atoms with Gasteiger partial charge < -0.3 is 8.98 Å². The van der Waals surface area contributed by atoms with E-state index in [-0.39, 0.29) is 0 Å². The van der Waals surface area contributed by atoms with Gasteiger partial charge in [0.05, 0.1) is 11.0 Å². The minimum Gasteiger partial charge on any atom is -0.456 e. The van der Waals surface area contributed by atoms with Gasteiger partial charge in [0.1, 0.15) is 11.2 Å². The number of aromatic nitrogens is 4. The van der Waals surface area contributed by atoms with Gasteiger partial charge in [0, 0.05) is 43.9 Å². The molecule has 0 aliphatic heterocycles. The third-order valence-corrected chi connectivity index (χ3v) is 10.5. The molecule has 3 aromatic heterocycles. The van der Waals surface area contributed by atoms with Crippen LogP contribution < -0.4 is 0 Å². The predicted octanol–water partition coefficient (Wildman–Crippen LogP) is 12.7. The monoisotopic (exact) mass is 690 g/mol. The summed E-state index contributed by atoms with van der Waals surface area (Å²) in [6.45, 7) is 0. The fourth-order valence-corrected chi connectivity index (χ4v) is 8.06. The van der Waals surface area contributed by atoms with E-state index >= 15 is 0 Å². The van der Waals surface area contributed by atoms with Gasteiger partial charge in [0.15, 0.2) is 17.5 Å². The Labute approximate surface area is 310 Å². The Morgan fingerprint density at radius 1 is 0.352 bits per heavy atom. The zero-order valence-electron chi connectivity index (χ0n) is 29.0. The lowest BCUT2D eigenvalue weighted by molar-refractivity contribution is 0.669. The van der Waals surface area contributed by atoms with Gasteiger partial charge in [-0.2, -0.15) is 0 Å². The summed E-state index contributed by atoms with van der Waals surface area (Å²) in [5.41, 5.74) is 10.0. The zero-order chi connectivity index (χ0) is 35.6. The smallest absolute Gasteiger partial charge is 0.164 e. The van der Waals surface area contributed by atoms with Crippen LogP contribution in [-0.2, 0) is 0 Å². The first kappa shape index (κ1) is 30.3. The minimum atomic E-state index is 0.589. The number of benzene rings is 8. The van der Waals surface area contributed by atoms with Crippen LogP contribution in [0.3, 0.4) is 0 Å². The number of rotatable bonds is 5. The Morgan fingerprint density at radius 2 is 0.889 bits per heavy atom. The summed E-state index contributed by atoms with van der Waals surface area (Å²) in [5, 5.41) is 6.66. The Morgan fingerprint density at radius 3 is 1.65 bits per heavy atom. The predicted molar refractivity (Wildman–Crippen MR) is 221 cm³/mol. The molecule has 0 atom stereocenters. The molecule has 252 valence electrons. The van der Waals surface area contributed by atoms with Gasteiger partial charge >= 0.3 is 0 Å². The highest BCUT2D eigenvalue weighted by atomic mass is 16.3. The number of fused-ring (bicyclic) bond motifs is 7. The van der Waals surface area contributed by atoms with Gasteiger partial charge in [-0.1, -0.05) is 140 Å². The van der Waals surface area contributed by atoms with Crippen molar-refractivity contribution in [2.75, 3.05) is 0 Å². The average molecular weight is 691 g/mol. The molecule has 5 heteroatoms. The summed E-state index contributed by atoms with van der Waals surface area (Å²) in [6, 6.07) is 63.3. The Bertz CT molecular complexity index is 3180. The van der Waals surface area contributed by atoms with Crippen LogP contribution in [0, 0.1) is 0 Å². The number of hydrogen-bond acceptors (Lipinski definition) is 4. The lowest BCUT2D eigenvalue weighted by atomic mass is 9.94. The maximum atomic E-state index is 6.31. The van der Waals surface area contributed by atoms with Crippen LogP contribution >= 0.6 is 0 Å². The largest absolute Gasteiger partial charge is 0.456 e. The van der Waals surface area contributed by atoms with Gasteiger partial charge in [-0.05, 0) is 64.4 Å². The Balaban J connectivity index is 1.17. The number of hydrogen-bond donors (Lipinski definition) is 0. The van der Waals surface area contributed by atoms with Crippen molar-refractivity contribution in [2.45, 2.75) is 0 Å². The molecule has 54 heavy (non-hydrogen) atoms. The molecular formula is C49H30N4O. The van der Waals surface area contributed by atoms with Gasteiger partial charge in [-0.25, -0.2) is 15.0 Å². The van der Waals surface area contributed by atoms with E-state index in [1.165, 1.54) is 10.8 Å². The first-order valence-corrected chi connectivity index (χ1v) is 18.1. The van der Waals surface area contributed by atoms with Gasteiger partial charge in [-0.3, -0.25) is 0 Å². The summed E-state index contributed by atoms with van der Waals surface area (Å²) in [6.07, 6.45) is 0. The van der Waals surface area contributed by atoms with Crippen LogP contribution in [0.1, 0.15) is 0 Å². The van der Waals surface area contributed by atoms with Gasteiger partial charge in [0.2, 0.25) is 0 Å². The number of para-hydroxylation sites is 3. The van der Waals surface area contributed by atoms with Crippen molar-refractivity contribution in [2.24, 2.45) is 0 Å². The summed E-state index contributed by atoms with van der Waals surface area (Å²) in [7, 11) is 0. The molecule has 0 saturated heterocycles. The maximum Gasteiger partial charge on any atom is 0.164 e. The molecule has 0 amide bonds. The second-order valence-corrected chi connectivity index (χ2v) is 13.6. The van der Waals surface area contributed by atoms with E-state index in [9.17, 15) is 0 Å². The van der Waals surface area contributed by atoms with E-state index in [0.29, 0.717) is 17.5 Å². The normalized spacial score (nSPS) is 11.7. The van der Waals surface area contributed by atoms with Crippen molar-refractivity contribution in [3.8, 4) is 51.0 Å². The molecule has 8 aromatic carbocycles. The van der Waals surface area contributed by atoms with E-state index in [4.69, 9.17) is 19.4 Å². The number of nitrogens with zero attached hydrogens (tertiary/aromatic N) is 4. The minimum absolute atomic E-state index is 0.589. The molecular weight excluding hydrogens is 661 g/mol. The molecule has 11 aromatic rings. The molecule has 0 bridgehead atoms. The van der Waals surface area contributed by atoms with Crippen molar-refractivity contribution < 1.29 is 4.42 Å². The molecule has 0 aliphatic carbocycles. The summed E-state index contributed by atoms with van der Waals surface area (Å²) < 4.78 is 8.64. The molecule has 0 N–H and O–H groups in total. The van der Waals surface area contributed by atoms with Crippen LogP contribution in [-0.4, -0.2) is 19.5 Å². The van der Waals surface area contributed by atoms with E-state index in [1.54, 1.807) is 0 Å². The SMILES string of the molecule is c1ccc(-c2ccc(-c3nc(-c4cccc(-n5c6ccccc6c6ccccc65)c4)nc(-c4cccc5oc6ccccc6c45)n3)c3ccccc23)cc1. The lowest BCUT2D eigenvalue weighted by Crippen LogP contribution is -2.02. The molecule has 0 radical (unpaired) electrons. The highest BCUT2D eigenvalue weighted by Gasteiger charge is 2.20. The van der Waals surface area contributed by atoms with Gasteiger partial charge in [0.25, 0.3) is 0 Å². The quantitative estimate of drug-likeness (QED) is 0.180. The Hall–Kier alpha value is -7.37. The molecule has 0 fully saturated rings. The second-order valence-electron chi connectivity index (χ2n) is 13.6. The van der Waals surface area contributed by atoms with Crippen LogP contribution in [0.25, 0.3) is 105 Å². The molecule has 11 rings (SSSR count). The standard InChI is InChI=1S/C49H30N4O/c1-2-14-31(15-3-1)34-28-29-39(36-19-5-4-18-35(34)36)48-50-47(51-49(52-48)41-23-13-27-45-46(41)40-22-8-11-26-44(40)54-45)32-16-12-17-33(30-32)53-42-24-9-6-20-37(42)38-21-7-10-25-43(38)53/h1-30H. The van der Waals surface area contributed by atoms with Crippen LogP contribution in [0.15, 0.2) is 186 Å². The average Bonchev–Trinajstić information content (AvgIpc) is 3.80. The fourth-order valence-electron chi connectivity index (χ4n) is 8.06. The van der Waals surface area contributed by atoms with Gasteiger partial charge in [-0.15, -0.1) is 0 Å². The van der Waals surface area contributed by atoms with E-state index in [1.807, 2.05) is 36.4 Å². The highest BCUT2D eigenvalue weighted by Crippen LogP contribution is 2.39. The lowest BCUT2D eigenvalue weighted by Gasteiger charge is -2.14. The summed E-state index contributed by atoms with van der Waals surface area (Å²) in [4.78, 5) is 15.8. The molecule has 5 nitrogen and oxygen atoms in total. The van der Waals surface area contributed by atoms with E-state index in [2.05, 4.69) is 150 Å². The molecule has 0 aliphatic rings. The number of furan rings is 1. The van der Waals surface area contributed by atoms with Crippen molar-refractivity contribution >= 4 is 54.5 Å². The van der Waals surface area contributed by atoms with E-state index < -0.39 is 0 Å². The maximum absolute atomic E-state index is 6.31. The van der Waals surface area contributed by atoms with E-state index in [0.717, 1.165) is 77.2 Å². The first-order valence-electron chi connectivity index (χ1n) is 18.1. The molecule has 0 saturated carbocycles. The fraction of sp³-hybridized carbons (Fsp3) is 0. The first-order chi connectivity index (χ1) is 26.8. The van der Waals surface area contributed by atoms with Crippen molar-refractivity contribution in [1.29, 1.82) is 0 Å². The van der Waals surface area contributed by atoms with Crippen molar-refractivity contribution in [3.63, 3.8) is 0 Å². The molecule has 0 unspecified atom stereocenters.